The summed E-state index contributed by atoms with van der Waals surface area (Å²) < 4.78 is 31.6. The lowest BCUT2D eigenvalue weighted by Gasteiger charge is -2.39. The molecule has 4 atom stereocenters. The zero-order chi connectivity index (χ0) is 47.4. The van der Waals surface area contributed by atoms with Gasteiger partial charge in [-0.25, -0.2) is 14.4 Å². The van der Waals surface area contributed by atoms with Gasteiger partial charge in [-0.3, -0.25) is 9.59 Å². The summed E-state index contributed by atoms with van der Waals surface area (Å²) in [5.41, 5.74) is -0.530. The van der Waals surface area contributed by atoms with E-state index in [2.05, 4.69) is 0 Å². The summed E-state index contributed by atoms with van der Waals surface area (Å²) in [4.78, 5) is 79.5. The number of ether oxygens (including phenoxy) is 5. The fourth-order valence-electron chi connectivity index (χ4n) is 9.54. The summed E-state index contributed by atoms with van der Waals surface area (Å²) in [6.45, 7) is 17.0. The molecule has 344 valence electrons. The Morgan fingerprint density at radius 3 is 1.88 bits per heavy atom. The second-order valence-corrected chi connectivity index (χ2v) is 20.2. The zero-order valence-electron chi connectivity index (χ0n) is 39.2. The van der Waals surface area contributed by atoms with Crippen LogP contribution < -0.4 is 9.80 Å². The van der Waals surface area contributed by atoms with Crippen molar-refractivity contribution in [2.75, 3.05) is 29.6 Å². The van der Waals surface area contributed by atoms with Gasteiger partial charge < -0.3 is 33.5 Å². The van der Waals surface area contributed by atoms with Crippen molar-refractivity contribution in [1.82, 2.24) is 0 Å². The molecule has 0 bridgehead atoms. The van der Waals surface area contributed by atoms with Gasteiger partial charge in [-0.2, -0.15) is 0 Å². The topological polar surface area (TPSA) is 138 Å². The summed E-state index contributed by atoms with van der Waals surface area (Å²) in [5, 5.41) is 0. The Labute approximate surface area is 386 Å². The molecule has 2 amide bonds. The first-order chi connectivity index (χ1) is 31.2. The van der Waals surface area contributed by atoms with Crippen LogP contribution in [0.2, 0.25) is 0 Å². The van der Waals surface area contributed by atoms with E-state index in [1.165, 1.54) is 6.08 Å². The summed E-state index contributed by atoms with van der Waals surface area (Å²) >= 11 is 0. The fourth-order valence-corrected chi connectivity index (χ4v) is 9.54. The van der Waals surface area contributed by atoms with Gasteiger partial charge in [-0.05, 0) is 77.6 Å². The van der Waals surface area contributed by atoms with Gasteiger partial charge in [0.15, 0.2) is 0 Å². The van der Waals surface area contributed by atoms with Crippen LogP contribution in [0.25, 0.3) is 5.57 Å². The van der Waals surface area contributed by atoms with Crippen LogP contribution >= 0.6 is 0 Å². The third-order valence-corrected chi connectivity index (χ3v) is 12.4. The van der Waals surface area contributed by atoms with E-state index in [4.69, 9.17) is 23.7 Å². The van der Waals surface area contributed by atoms with Crippen LogP contribution in [0, 0.1) is 30.6 Å². The van der Waals surface area contributed by atoms with Gasteiger partial charge in [0.25, 0.3) is 5.91 Å². The van der Waals surface area contributed by atoms with E-state index in [0.29, 0.717) is 22.5 Å². The summed E-state index contributed by atoms with van der Waals surface area (Å²) in [5.74, 6) is -7.73. The zero-order valence-corrected chi connectivity index (χ0v) is 39.2. The molecule has 2 saturated heterocycles. The van der Waals surface area contributed by atoms with Crippen LogP contribution in [-0.4, -0.2) is 60.9 Å². The molecule has 12 heteroatoms. The highest BCUT2D eigenvalue weighted by Gasteiger charge is 2.86. The number of carbonyl (C=O) groups is 5. The van der Waals surface area contributed by atoms with Crippen LogP contribution in [0.3, 0.4) is 0 Å². The van der Waals surface area contributed by atoms with Gasteiger partial charge in [0.1, 0.15) is 11.2 Å². The van der Waals surface area contributed by atoms with Crippen molar-refractivity contribution in [3.8, 4) is 0 Å². The molecule has 0 radical (unpaired) electrons. The molecule has 4 aliphatic rings. The van der Waals surface area contributed by atoms with Crippen molar-refractivity contribution >= 4 is 46.7 Å². The van der Waals surface area contributed by atoms with E-state index >= 15 is 19.2 Å². The third-order valence-electron chi connectivity index (χ3n) is 12.4. The Balaban J connectivity index is 1.46. The maximum Gasteiger partial charge on any atom is 0.380 e. The smallest absolute Gasteiger partial charge is 0.380 e. The van der Waals surface area contributed by atoms with Crippen molar-refractivity contribution in [2.45, 2.75) is 98.6 Å². The number of esters is 3. The molecule has 8 rings (SSSR count). The number of nitrogens with zero attached hydrogens (tertiary/aromatic N) is 2. The Bertz CT molecular complexity index is 2660. The molecule has 66 heavy (non-hydrogen) atoms. The lowest BCUT2D eigenvalue weighted by atomic mass is 9.59. The van der Waals surface area contributed by atoms with Crippen LogP contribution in [0.4, 0.5) is 11.4 Å². The maximum atomic E-state index is 16.5. The number of amides is 2. The van der Waals surface area contributed by atoms with Crippen LogP contribution in [0.1, 0.15) is 88.3 Å². The molecule has 2 fully saturated rings. The summed E-state index contributed by atoms with van der Waals surface area (Å²) in [6, 6.07) is 30.0. The van der Waals surface area contributed by atoms with Crippen molar-refractivity contribution in [1.29, 1.82) is 0 Å². The SMILES string of the molecule is CCOC(=O)/C=C1/C[C@H]2[C@@](C(=O)OCC(C)(C)C)(O1)O[C@@](/C=C1\C(=O)N(Cc3ccccc3)c3cc(C)ccc31)(C(=O)OCC(C)(C)C)[C@]21C(=O)N(Cc2ccccc2)c2cc(C)ccc21. The van der Waals surface area contributed by atoms with Crippen LogP contribution in [-0.2, 0) is 66.2 Å². The van der Waals surface area contributed by atoms with Gasteiger partial charge >= 0.3 is 23.7 Å². The minimum Gasteiger partial charge on any atom is -0.463 e. The minimum atomic E-state index is -2.58. The monoisotopic (exact) mass is 894 g/mol. The number of aryl methyl sites for hydroxylation is 2. The maximum absolute atomic E-state index is 16.5. The predicted molar refractivity (Wildman–Crippen MR) is 249 cm³/mol. The number of rotatable bonds is 11. The molecule has 0 aromatic heterocycles. The molecule has 4 aromatic rings. The van der Waals surface area contributed by atoms with E-state index in [1.807, 2.05) is 146 Å². The molecule has 0 aliphatic carbocycles. The van der Waals surface area contributed by atoms with Crippen LogP contribution in [0.15, 0.2) is 115 Å². The average molecular weight is 895 g/mol. The number of carbonyl (C=O) groups excluding carboxylic acids is 5. The molecule has 0 saturated carbocycles. The van der Waals surface area contributed by atoms with Gasteiger partial charge in [0.05, 0.1) is 50.6 Å². The van der Waals surface area contributed by atoms with Gasteiger partial charge in [-0.1, -0.05) is 126 Å². The first-order valence-corrected chi connectivity index (χ1v) is 22.5. The number of fused-ring (bicyclic) bond motifs is 5. The number of hydrogen-bond acceptors (Lipinski definition) is 10. The quantitative estimate of drug-likeness (QED) is 0.0816. The molecular weight excluding hydrogens is 837 g/mol. The highest BCUT2D eigenvalue weighted by Crippen LogP contribution is 2.68. The van der Waals surface area contributed by atoms with Crippen molar-refractivity contribution in [2.24, 2.45) is 16.7 Å². The third kappa shape index (κ3) is 7.99. The Morgan fingerprint density at radius 2 is 1.29 bits per heavy atom. The molecule has 4 aromatic carbocycles. The Hall–Kier alpha value is -6.53. The van der Waals surface area contributed by atoms with Gasteiger partial charge in [0, 0.05) is 23.2 Å². The largest absolute Gasteiger partial charge is 0.463 e. The number of hydrogen-bond donors (Lipinski definition) is 0. The van der Waals surface area contributed by atoms with Gasteiger partial charge in [-0.15, -0.1) is 0 Å². The first-order valence-electron chi connectivity index (χ1n) is 22.5. The van der Waals surface area contributed by atoms with E-state index in [1.54, 1.807) is 22.8 Å². The van der Waals surface area contributed by atoms with Gasteiger partial charge in [0.2, 0.25) is 11.5 Å². The molecule has 4 heterocycles. The molecule has 0 N–H and O–H groups in total. The Morgan fingerprint density at radius 1 is 0.727 bits per heavy atom. The van der Waals surface area contributed by atoms with E-state index in [9.17, 15) is 4.79 Å². The lowest BCUT2D eigenvalue weighted by Crippen LogP contribution is -2.61. The van der Waals surface area contributed by atoms with E-state index in [0.717, 1.165) is 28.3 Å². The van der Waals surface area contributed by atoms with Crippen molar-refractivity contribution in [3.63, 3.8) is 0 Å². The Kier molecular flexibility index (Phi) is 11.9. The molecule has 1 spiro atoms. The molecule has 12 nitrogen and oxygen atoms in total. The number of allylic oxidation sites excluding steroid dienone is 1. The molecule has 0 unspecified atom stereocenters. The highest BCUT2D eigenvalue weighted by molar-refractivity contribution is 6.33. The highest BCUT2D eigenvalue weighted by atomic mass is 16.8. The second-order valence-electron chi connectivity index (χ2n) is 20.2. The number of anilines is 2. The first kappa shape index (κ1) is 46.0. The van der Waals surface area contributed by atoms with E-state index in [-0.39, 0.29) is 50.7 Å². The summed E-state index contributed by atoms with van der Waals surface area (Å²) in [7, 11) is 0. The average Bonchev–Trinajstić information content (AvgIpc) is 3.90. The fraction of sp³-hybridized carbons (Fsp3) is 0.389. The molecular formula is C54H58N2O10. The van der Waals surface area contributed by atoms with E-state index < -0.39 is 63.3 Å². The normalized spacial score (nSPS) is 24.4. The minimum absolute atomic E-state index is 0.00961. The van der Waals surface area contributed by atoms with Crippen molar-refractivity contribution < 1.29 is 47.7 Å². The lowest BCUT2D eigenvalue weighted by molar-refractivity contribution is -0.241. The summed E-state index contributed by atoms with van der Waals surface area (Å²) in [6.07, 6.45) is 2.29. The second kappa shape index (κ2) is 17.0. The number of benzene rings is 4. The predicted octanol–water partition coefficient (Wildman–Crippen LogP) is 8.85. The van der Waals surface area contributed by atoms with Crippen LogP contribution in [0.5, 0.6) is 0 Å². The molecule has 4 aliphatic heterocycles. The standard InChI is InChI=1S/C54H58N2O10/c1-10-62-45(57)28-38-27-44-53(41-24-22-35(3)26-43(41)56(47(53)59)31-37-19-15-12-16-20-37)52(48(60)63-32-50(4,5)6,66-54(44,65-38)49(61)64-33-51(7,8)9)29-40-39-23-21-34(2)25-42(39)55(46(40)58)30-36-17-13-11-14-18-36/h11-26,28-29,44H,10,27,30-33H2,1-9H3/b38-28-,40-29-/t44-,52+,53+,54-/m1/s1. The van der Waals surface area contributed by atoms with Crippen molar-refractivity contribution in [3.05, 3.63) is 148 Å².